The Bertz CT molecular complexity index is 824. The molecule has 2 bridgehead atoms. The van der Waals surface area contributed by atoms with Gasteiger partial charge in [0, 0.05) is 30.2 Å². The highest BCUT2D eigenvalue weighted by atomic mass is 32.1. The maximum Gasteiger partial charge on any atom is 0.407 e. The molecule has 2 aromatic rings. The van der Waals surface area contributed by atoms with Crippen molar-refractivity contribution in [2.45, 2.75) is 51.6 Å². The van der Waals surface area contributed by atoms with Crippen LogP contribution < -0.4 is 5.32 Å². The molecule has 5 rings (SSSR count). The van der Waals surface area contributed by atoms with E-state index in [9.17, 15) is 4.79 Å². The third-order valence-corrected chi connectivity index (χ3v) is 6.60. The Morgan fingerprint density at radius 2 is 2.29 bits per heavy atom. The highest BCUT2D eigenvalue weighted by molar-refractivity contribution is 7.13. The summed E-state index contributed by atoms with van der Waals surface area (Å²) in [6.45, 7) is 8.36. The molecule has 0 spiro atoms. The lowest BCUT2D eigenvalue weighted by Gasteiger charge is -2.49. The van der Waals surface area contributed by atoms with E-state index in [1.807, 2.05) is 20.8 Å². The molecule has 3 fully saturated rings. The van der Waals surface area contributed by atoms with Crippen LogP contribution >= 0.6 is 11.3 Å². The summed E-state index contributed by atoms with van der Waals surface area (Å²) >= 11 is 1.71. The van der Waals surface area contributed by atoms with Gasteiger partial charge in [-0.15, -0.1) is 11.3 Å². The number of nitrogens with zero attached hydrogens (tertiary/aromatic N) is 3. The minimum Gasteiger partial charge on any atom is -0.448 e. The van der Waals surface area contributed by atoms with E-state index in [-0.39, 0.29) is 12.1 Å². The number of amides is 1. The third-order valence-electron chi connectivity index (χ3n) is 5.70. The van der Waals surface area contributed by atoms with E-state index >= 15 is 0 Å². The predicted octanol–water partition coefficient (Wildman–Crippen LogP) is 3.83. The van der Waals surface area contributed by atoms with Crippen LogP contribution in [0.15, 0.2) is 23.6 Å². The third kappa shape index (κ3) is 4.20. The van der Waals surface area contributed by atoms with Gasteiger partial charge in [-0.05, 0) is 63.6 Å². The Labute approximate surface area is 170 Å². The zero-order valence-corrected chi connectivity index (χ0v) is 17.5. The van der Waals surface area contributed by atoms with Gasteiger partial charge in [0.25, 0.3) is 0 Å². The van der Waals surface area contributed by atoms with Crippen LogP contribution in [-0.4, -0.2) is 52.7 Å². The number of thiophene rings is 1. The van der Waals surface area contributed by atoms with Crippen LogP contribution in [0.2, 0.25) is 0 Å². The van der Waals surface area contributed by atoms with Gasteiger partial charge < -0.3 is 10.1 Å². The summed E-state index contributed by atoms with van der Waals surface area (Å²) in [5.41, 5.74) is 2.18. The van der Waals surface area contributed by atoms with Gasteiger partial charge >= 0.3 is 6.09 Å². The fourth-order valence-corrected chi connectivity index (χ4v) is 5.11. The molecule has 0 saturated carbocycles. The van der Waals surface area contributed by atoms with E-state index in [1.165, 1.54) is 11.3 Å². The van der Waals surface area contributed by atoms with Crippen molar-refractivity contribution >= 4 is 17.4 Å². The van der Waals surface area contributed by atoms with Gasteiger partial charge in [-0.1, -0.05) is 6.07 Å². The van der Waals surface area contributed by atoms with Crippen LogP contribution in [0.1, 0.15) is 44.1 Å². The number of carbonyl (C=O) groups excluding carboxylic acids is 1. The number of carbonyl (C=O) groups is 1. The van der Waals surface area contributed by atoms with Gasteiger partial charge in [-0.3, -0.25) is 4.90 Å². The second kappa shape index (κ2) is 8.17. The standard InChI is InChI=1S/C21H28N4O2S/c1-13(2)22-21(26)27-12-16-9-15-6-7-25(16)11-17(15)18-10-19(24-14(3)23-18)20-5-4-8-28-20/h4-5,8,10,13,15-17H,6-7,9,11-12H2,1-3H3,(H,22,26)/t15-,16+,17+/m0/s1. The first kappa shape index (κ1) is 19.3. The molecule has 4 atom stereocenters. The fourth-order valence-electron chi connectivity index (χ4n) is 4.43. The summed E-state index contributed by atoms with van der Waals surface area (Å²) < 4.78 is 5.46. The zero-order valence-electron chi connectivity index (χ0n) is 16.7. The average molecular weight is 401 g/mol. The number of nitrogens with one attached hydrogen (secondary N) is 1. The Morgan fingerprint density at radius 3 is 2.96 bits per heavy atom. The second-order valence-corrected chi connectivity index (χ2v) is 9.09. The van der Waals surface area contributed by atoms with Crippen molar-refractivity contribution in [3.63, 3.8) is 0 Å². The highest BCUT2D eigenvalue weighted by Gasteiger charge is 2.41. The van der Waals surface area contributed by atoms with E-state index in [1.54, 1.807) is 11.3 Å². The number of rotatable bonds is 5. The largest absolute Gasteiger partial charge is 0.448 e. The number of fused-ring (bicyclic) bond motifs is 3. The molecule has 5 heterocycles. The van der Waals surface area contributed by atoms with Crippen molar-refractivity contribution in [2.75, 3.05) is 19.7 Å². The lowest BCUT2D eigenvalue weighted by molar-refractivity contribution is -0.00373. The smallest absolute Gasteiger partial charge is 0.407 e. The summed E-state index contributed by atoms with van der Waals surface area (Å²) in [5, 5.41) is 4.88. The maximum atomic E-state index is 11.8. The molecule has 0 aromatic carbocycles. The van der Waals surface area contributed by atoms with Gasteiger partial charge in [-0.25, -0.2) is 14.8 Å². The van der Waals surface area contributed by atoms with Crippen molar-refractivity contribution in [2.24, 2.45) is 5.92 Å². The Hall–Kier alpha value is -1.99. The van der Waals surface area contributed by atoms with Crippen molar-refractivity contribution in [3.8, 4) is 10.6 Å². The van der Waals surface area contributed by atoms with E-state index in [2.05, 4.69) is 38.8 Å². The fraction of sp³-hybridized carbons (Fsp3) is 0.571. The van der Waals surface area contributed by atoms with E-state index in [4.69, 9.17) is 9.72 Å². The van der Waals surface area contributed by atoms with Gasteiger partial charge in [-0.2, -0.15) is 0 Å². The molecular weight excluding hydrogens is 372 g/mol. The monoisotopic (exact) mass is 400 g/mol. The molecule has 3 aliphatic rings. The van der Waals surface area contributed by atoms with Crippen LogP contribution in [0.4, 0.5) is 4.79 Å². The van der Waals surface area contributed by atoms with Gasteiger partial charge in [0.1, 0.15) is 12.4 Å². The van der Waals surface area contributed by atoms with Crippen molar-refractivity contribution in [1.29, 1.82) is 0 Å². The van der Waals surface area contributed by atoms with Crippen molar-refractivity contribution < 1.29 is 9.53 Å². The molecule has 2 aromatic heterocycles. The zero-order chi connectivity index (χ0) is 19.7. The normalized spacial score (nSPS) is 26.4. The number of aromatic nitrogens is 2. The molecule has 0 radical (unpaired) electrons. The number of piperidine rings is 3. The van der Waals surface area contributed by atoms with Crippen molar-refractivity contribution in [1.82, 2.24) is 20.2 Å². The first-order chi connectivity index (χ1) is 13.5. The van der Waals surface area contributed by atoms with E-state index in [0.29, 0.717) is 24.5 Å². The van der Waals surface area contributed by atoms with Crippen LogP contribution in [0.25, 0.3) is 10.6 Å². The molecule has 28 heavy (non-hydrogen) atoms. The number of aryl methyl sites for hydroxylation is 1. The van der Waals surface area contributed by atoms with Crippen molar-refractivity contribution in [3.05, 3.63) is 35.1 Å². The summed E-state index contributed by atoms with van der Waals surface area (Å²) in [6.07, 6.45) is 1.91. The summed E-state index contributed by atoms with van der Waals surface area (Å²) in [5.74, 6) is 1.84. The molecule has 7 heteroatoms. The first-order valence-corrected chi connectivity index (χ1v) is 10.9. The van der Waals surface area contributed by atoms with Crippen LogP contribution in [0.5, 0.6) is 0 Å². The van der Waals surface area contributed by atoms with Crippen LogP contribution in [0.3, 0.4) is 0 Å². The lowest BCUT2D eigenvalue weighted by Crippen LogP contribution is -2.54. The quantitative estimate of drug-likeness (QED) is 0.826. The molecule has 3 saturated heterocycles. The number of hydrogen-bond acceptors (Lipinski definition) is 6. The maximum absolute atomic E-state index is 11.8. The molecule has 0 aliphatic carbocycles. The number of alkyl carbamates (subject to hydrolysis) is 1. The minimum atomic E-state index is -0.318. The molecule has 3 aliphatic heterocycles. The van der Waals surface area contributed by atoms with Gasteiger partial charge in [0.15, 0.2) is 0 Å². The molecule has 150 valence electrons. The summed E-state index contributed by atoms with van der Waals surface area (Å²) in [6, 6.07) is 6.76. The number of ether oxygens (including phenoxy) is 1. The molecule has 1 amide bonds. The summed E-state index contributed by atoms with van der Waals surface area (Å²) in [4.78, 5) is 24.9. The van der Waals surface area contributed by atoms with Crippen LogP contribution in [0, 0.1) is 12.8 Å². The van der Waals surface area contributed by atoms with Gasteiger partial charge in [0.05, 0.1) is 10.6 Å². The Balaban J connectivity index is 1.44. The molecular formula is C21H28N4O2S. The predicted molar refractivity (Wildman–Crippen MR) is 111 cm³/mol. The second-order valence-electron chi connectivity index (χ2n) is 8.14. The summed E-state index contributed by atoms with van der Waals surface area (Å²) in [7, 11) is 0. The first-order valence-electron chi connectivity index (χ1n) is 10.1. The Kier molecular flexibility index (Phi) is 5.64. The SMILES string of the molecule is Cc1nc(-c2cccs2)cc([C@@H]2CN3CC[C@H]2C[C@@H]3COC(=O)NC(C)C)n1. The van der Waals surface area contributed by atoms with E-state index in [0.717, 1.165) is 36.7 Å². The topological polar surface area (TPSA) is 67.4 Å². The molecule has 1 N–H and O–H groups in total. The highest BCUT2D eigenvalue weighted by Crippen LogP contribution is 2.42. The Morgan fingerprint density at radius 1 is 1.43 bits per heavy atom. The molecule has 1 unspecified atom stereocenters. The minimum absolute atomic E-state index is 0.0959. The molecule has 6 nitrogen and oxygen atoms in total. The lowest BCUT2D eigenvalue weighted by atomic mass is 9.74. The van der Waals surface area contributed by atoms with Crippen LogP contribution in [-0.2, 0) is 4.74 Å². The average Bonchev–Trinajstić information content (AvgIpc) is 3.20. The van der Waals surface area contributed by atoms with E-state index < -0.39 is 0 Å². The number of hydrogen-bond donors (Lipinski definition) is 1. The van der Waals surface area contributed by atoms with Gasteiger partial charge in [0.2, 0.25) is 0 Å².